The average Bonchev–Trinajstić information content (AvgIpc) is 2.50. The number of aromatic hydroxyl groups is 1. The second-order valence-corrected chi connectivity index (χ2v) is 4.06. The third-order valence-electron chi connectivity index (χ3n) is 2.78. The molecule has 3 rings (SSSR count). The lowest BCUT2D eigenvalue weighted by Gasteiger charge is -2.08. The summed E-state index contributed by atoms with van der Waals surface area (Å²) in [6.07, 6.45) is 1.77. The number of fused-ring (bicyclic) bond motifs is 1. The fourth-order valence-corrected chi connectivity index (χ4v) is 1.94. The van der Waals surface area contributed by atoms with Crippen molar-refractivity contribution >= 4 is 22.3 Å². The summed E-state index contributed by atoms with van der Waals surface area (Å²) in [5.74, 6) is 1.03. The predicted octanol–water partition coefficient (Wildman–Crippen LogP) is 4.71. The van der Waals surface area contributed by atoms with Crippen LogP contribution in [0.15, 0.2) is 60.8 Å². The normalized spacial score (nSPS) is 9.70. The molecule has 0 aliphatic heterocycles. The van der Waals surface area contributed by atoms with Gasteiger partial charge in [0.05, 0.1) is 0 Å². The Labute approximate surface area is 118 Å². The van der Waals surface area contributed by atoms with E-state index in [4.69, 9.17) is 0 Å². The van der Waals surface area contributed by atoms with Crippen molar-refractivity contribution in [2.24, 2.45) is 0 Å². The van der Waals surface area contributed by atoms with Crippen molar-refractivity contribution in [1.29, 1.82) is 0 Å². The van der Waals surface area contributed by atoms with E-state index in [1.165, 1.54) is 0 Å². The zero-order chi connectivity index (χ0) is 14.4. The second-order valence-electron chi connectivity index (χ2n) is 4.06. The third kappa shape index (κ3) is 3.06. The highest BCUT2D eigenvalue weighted by molar-refractivity contribution is 5.93. The van der Waals surface area contributed by atoms with Gasteiger partial charge >= 0.3 is 0 Å². The molecule has 0 aliphatic carbocycles. The van der Waals surface area contributed by atoms with E-state index >= 15 is 0 Å². The molecule has 0 saturated carbocycles. The standard InChI is InChI=1S/C15H12N2O.C2H6/c18-13-6-3-5-12(10-13)17-15-14-7-2-1-4-11(14)8-9-16-15;1-2/h1-10,18H,(H,16,17);1-2H3. The molecule has 0 spiro atoms. The smallest absolute Gasteiger partial charge is 0.138 e. The molecular weight excluding hydrogens is 248 g/mol. The average molecular weight is 266 g/mol. The lowest BCUT2D eigenvalue weighted by Crippen LogP contribution is -1.94. The van der Waals surface area contributed by atoms with Crippen molar-refractivity contribution in [3.63, 3.8) is 0 Å². The third-order valence-corrected chi connectivity index (χ3v) is 2.78. The summed E-state index contributed by atoms with van der Waals surface area (Å²) in [4.78, 5) is 4.34. The van der Waals surface area contributed by atoms with E-state index < -0.39 is 0 Å². The van der Waals surface area contributed by atoms with E-state index in [9.17, 15) is 5.11 Å². The summed E-state index contributed by atoms with van der Waals surface area (Å²) in [5.41, 5.74) is 0.818. The van der Waals surface area contributed by atoms with Crippen LogP contribution in [0.2, 0.25) is 0 Å². The molecule has 0 bridgehead atoms. The van der Waals surface area contributed by atoms with Crippen LogP contribution in [0.3, 0.4) is 0 Å². The highest BCUT2D eigenvalue weighted by Gasteiger charge is 2.02. The Balaban J connectivity index is 0.000000704. The Bertz CT molecular complexity index is 690. The first kappa shape index (κ1) is 13.9. The Morgan fingerprint density at radius 1 is 0.950 bits per heavy atom. The topological polar surface area (TPSA) is 45.1 Å². The summed E-state index contributed by atoms with van der Waals surface area (Å²) in [6.45, 7) is 4.00. The van der Waals surface area contributed by atoms with Crippen LogP contribution in [0.1, 0.15) is 13.8 Å². The van der Waals surface area contributed by atoms with Crippen LogP contribution in [0.5, 0.6) is 5.75 Å². The minimum Gasteiger partial charge on any atom is -0.508 e. The van der Waals surface area contributed by atoms with Crippen LogP contribution < -0.4 is 5.32 Å². The Kier molecular flexibility index (Phi) is 4.56. The van der Waals surface area contributed by atoms with Crippen molar-refractivity contribution < 1.29 is 5.11 Å². The van der Waals surface area contributed by atoms with Gasteiger partial charge in [0.2, 0.25) is 0 Å². The number of phenolic OH excluding ortho intramolecular Hbond substituents is 1. The van der Waals surface area contributed by atoms with Crippen molar-refractivity contribution in [2.45, 2.75) is 13.8 Å². The highest BCUT2D eigenvalue weighted by atomic mass is 16.3. The van der Waals surface area contributed by atoms with Gasteiger partial charge in [0, 0.05) is 23.3 Å². The SMILES string of the molecule is CC.Oc1cccc(Nc2nccc3ccccc23)c1. The van der Waals surface area contributed by atoms with Gasteiger partial charge in [-0.25, -0.2) is 4.98 Å². The van der Waals surface area contributed by atoms with Crippen molar-refractivity contribution in [1.82, 2.24) is 4.98 Å². The molecule has 3 heteroatoms. The molecule has 1 heterocycles. The molecule has 0 unspecified atom stereocenters. The molecule has 2 N–H and O–H groups in total. The summed E-state index contributed by atoms with van der Waals surface area (Å²) < 4.78 is 0. The molecular formula is C17H18N2O. The van der Waals surface area contributed by atoms with Crippen LogP contribution in [0.4, 0.5) is 11.5 Å². The zero-order valence-electron chi connectivity index (χ0n) is 11.7. The maximum Gasteiger partial charge on any atom is 0.138 e. The van der Waals surface area contributed by atoms with Crippen LogP contribution in [-0.2, 0) is 0 Å². The van der Waals surface area contributed by atoms with Gasteiger partial charge in [0.25, 0.3) is 0 Å². The molecule has 20 heavy (non-hydrogen) atoms. The molecule has 0 radical (unpaired) electrons. The largest absolute Gasteiger partial charge is 0.508 e. The summed E-state index contributed by atoms with van der Waals surface area (Å²) in [7, 11) is 0. The minimum absolute atomic E-state index is 0.236. The number of hydrogen-bond acceptors (Lipinski definition) is 3. The van der Waals surface area contributed by atoms with Crippen LogP contribution in [-0.4, -0.2) is 10.1 Å². The lowest BCUT2D eigenvalue weighted by molar-refractivity contribution is 0.475. The summed E-state index contributed by atoms with van der Waals surface area (Å²) >= 11 is 0. The van der Waals surface area contributed by atoms with Gasteiger partial charge < -0.3 is 10.4 Å². The lowest BCUT2D eigenvalue weighted by atomic mass is 10.1. The van der Waals surface area contributed by atoms with Gasteiger partial charge in [0.1, 0.15) is 11.6 Å². The summed E-state index contributed by atoms with van der Waals surface area (Å²) in [5, 5.41) is 14.9. The molecule has 1 aromatic heterocycles. The first-order valence-electron chi connectivity index (χ1n) is 6.73. The second kappa shape index (κ2) is 6.57. The van der Waals surface area contributed by atoms with Crippen molar-refractivity contribution in [3.8, 4) is 5.75 Å². The molecule has 0 saturated heterocycles. The Morgan fingerprint density at radius 3 is 2.55 bits per heavy atom. The number of nitrogens with one attached hydrogen (secondary N) is 1. The fraction of sp³-hybridized carbons (Fsp3) is 0.118. The molecule has 102 valence electrons. The number of hydrogen-bond donors (Lipinski definition) is 2. The number of pyridine rings is 1. The van der Waals surface area contributed by atoms with E-state index in [1.54, 1.807) is 24.4 Å². The molecule has 0 amide bonds. The number of anilines is 2. The van der Waals surface area contributed by atoms with Gasteiger partial charge in [0.15, 0.2) is 0 Å². The van der Waals surface area contributed by atoms with Crippen molar-refractivity contribution in [2.75, 3.05) is 5.32 Å². The quantitative estimate of drug-likeness (QED) is 0.706. The van der Waals surface area contributed by atoms with E-state index in [2.05, 4.69) is 10.3 Å². The number of rotatable bonds is 2. The summed E-state index contributed by atoms with van der Waals surface area (Å²) in [6, 6.07) is 17.0. The van der Waals surface area contributed by atoms with Crippen LogP contribution in [0.25, 0.3) is 10.8 Å². The number of benzene rings is 2. The first-order valence-corrected chi connectivity index (χ1v) is 6.73. The van der Waals surface area contributed by atoms with Crippen LogP contribution in [0, 0.1) is 0 Å². The van der Waals surface area contributed by atoms with Gasteiger partial charge in [-0.3, -0.25) is 0 Å². The van der Waals surface area contributed by atoms with Gasteiger partial charge in [-0.05, 0) is 23.6 Å². The van der Waals surface area contributed by atoms with Crippen LogP contribution >= 0.6 is 0 Å². The molecule has 0 aliphatic rings. The fourth-order valence-electron chi connectivity index (χ4n) is 1.94. The number of aromatic nitrogens is 1. The van der Waals surface area contributed by atoms with Gasteiger partial charge in [-0.15, -0.1) is 0 Å². The predicted molar refractivity (Wildman–Crippen MR) is 84.5 cm³/mol. The van der Waals surface area contributed by atoms with Crippen molar-refractivity contribution in [3.05, 3.63) is 60.8 Å². The van der Waals surface area contributed by atoms with E-state index in [1.807, 2.05) is 50.2 Å². The van der Waals surface area contributed by atoms with E-state index in [-0.39, 0.29) is 5.75 Å². The number of nitrogens with zero attached hydrogens (tertiary/aromatic N) is 1. The van der Waals surface area contributed by atoms with E-state index in [0.717, 1.165) is 22.3 Å². The number of phenols is 1. The maximum absolute atomic E-state index is 9.44. The molecule has 3 nitrogen and oxygen atoms in total. The molecule has 0 fully saturated rings. The maximum atomic E-state index is 9.44. The minimum atomic E-state index is 0.236. The molecule has 0 atom stereocenters. The molecule has 3 aromatic rings. The first-order chi connectivity index (χ1) is 9.83. The monoisotopic (exact) mass is 266 g/mol. The Morgan fingerprint density at radius 2 is 1.75 bits per heavy atom. The highest BCUT2D eigenvalue weighted by Crippen LogP contribution is 2.25. The molecule has 2 aromatic carbocycles. The zero-order valence-corrected chi connectivity index (χ0v) is 11.7. The van der Waals surface area contributed by atoms with Gasteiger partial charge in [-0.2, -0.15) is 0 Å². The Hall–Kier alpha value is -2.55. The van der Waals surface area contributed by atoms with E-state index in [0.29, 0.717) is 0 Å². The van der Waals surface area contributed by atoms with Gasteiger partial charge in [-0.1, -0.05) is 44.2 Å².